The highest BCUT2D eigenvalue weighted by atomic mass is 16.5. The first-order valence-corrected chi connectivity index (χ1v) is 6.89. The van der Waals surface area contributed by atoms with E-state index < -0.39 is 11.5 Å². The predicted octanol–water partition coefficient (Wildman–Crippen LogP) is 1.37. The van der Waals surface area contributed by atoms with Crippen LogP contribution >= 0.6 is 0 Å². The number of aliphatic hydroxyl groups excluding tert-OH is 1. The van der Waals surface area contributed by atoms with Gasteiger partial charge in [0.25, 0.3) is 0 Å². The molecule has 0 amide bonds. The molecule has 0 aromatic carbocycles. The smallest absolute Gasteiger partial charge is 0.315 e. The van der Waals surface area contributed by atoms with Crippen molar-refractivity contribution in [2.24, 2.45) is 10.4 Å². The van der Waals surface area contributed by atoms with Crippen LogP contribution in [0.25, 0.3) is 0 Å². The highest BCUT2D eigenvalue weighted by Gasteiger charge is 2.46. The standard InChI is InChI=1S/C14H22N2O3/c1-10-7-16-12(8-15-10)9-19-13(18)14(11(2)17)5-3-4-6-14/h7-8,10-11,15,17H,3-6,9H2,1-2H3. The summed E-state index contributed by atoms with van der Waals surface area (Å²) in [5.41, 5.74) is -0.00942. The minimum absolute atomic E-state index is 0.156. The van der Waals surface area contributed by atoms with Gasteiger partial charge in [-0.1, -0.05) is 12.8 Å². The fourth-order valence-corrected chi connectivity index (χ4v) is 2.68. The zero-order valence-electron chi connectivity index (χ0n) is 11.6. The van der Waals surface area contributed by atoms with E-state index >= 15 is 0 Å². The summed E-state index contributed by atoms with van der Waals surface area (Å²) in [5, 5.41) is 13.0. The average Bonchev–Trinajstić information content (AvgIpc) is 2.88. The summed E-state index contributed by atoms with van der Waals surface area (Å²) >= 11 is 0. The maximum Gasteiger partial charge on any atom is 0.315 e. The van der Waals surface area contributed by atoms with Gasteiger partial charge in [-0.15, -0.1) is 0 Å². The maximum absolute atomic E-state index is 12.2. The molecule has 1 fully saturated rings. The summed E-state index contributed by atoms with van der Waals surface area (Å²) in [6.07, 6.45) is 6.25. The minimum atomic E-state index is -0.709. The van der Waals surface area contributed by atoms with Crippen LogP contribution in [0.2, 0.25) is 0 Å². The fraction of sp³-hybridized carbons (Fsp3) is 0.714. The van der Waals surface area contributed by atoms with Crippen LogP contribution in [0, 0.1) is 5.41 Å². The Morgan fingerprint density at radius 3 is 2.84 bits per heavy atom. The summed E-state index contributed by atoms with van der Waals surface area (Å²) in [4.78, 5) is 16.4. The highest BCUT2D eigenvalue weighted by molar-refractivity contribution is 5.78. The molecular formula is C14H22N2O3. The van der Waals surface area contributed by atoms with E-state index in [1.54, 1.807) is 19.3 Å². The molecule has 0 radical (unpaired) electrons. The van der Waals surface area contributed by atoms with E-state index in [2.05, 4.69) is 10.3 Å². The zero-order valence-corrected chi connectivity index (χ0v) is 11.6. The second-order valence-corrected chi connectivity index (χ2v) is 5.48. The van der Waals surface area contributed by atoms with E-state index in [0.717, 1.165) is 12.8 Å². The lowest BCUT2D eigenvalue weighted by atomic mass is 9.81. The molecule has 2 N–H and O–H groups in total. The predicted molar refractivity (Wildman–Crippen MR) is 72.7 cm³/mol. The molecule has 0 spiro atoms. The molecule has 19 heavy (non-hydrogen) atoms. The molecule has 106 valence electrons. The summed E-state index contributed by atoms with van der Waals surface area (Å²) < 4.78 is 5.34. The number of nitrogens with zero attached hydrogens (tertiary/aromatic N) is 1. The molecule has 5 heteroatoms. The van der Waals surface area contributed by atoms with Gasteiger partial charge in [0.1, 0.15) is 6.61 Å². The van der Waals surface area contributed by atoms with Gasteiger partial charge in [-0.2, -0.15) is 0 Å². The van der Waals surface area contributed by atoms with E-state index in [1.165, 1.54) is 0 Å². The van der Waals surface area contributed by atoms with E-state index in [-0.39, 0.29) is 18.6 Å². The Balaban J connectivity index is 1.92. The molecule has 0 aromatic rings. The SMILES string of the molecule is CC1C=NC(COC(=O)C2(C(C)O)CCCC2)=CN1. The maximum atomic E-state index is 12.2. The number of carbonyl (C=O) groups excluding carboxylic acids is 1. The van der Waals surface area contributed by atoms with Gasteiger partial charge in [-0.05, 0) is 26.7 Å². The second kappa shape index (κ2) is 5.74. The Kier molecular flexibility index (Phi) is 4.24. The van der Waals surface area contributed by atoms with Crippen molar-refractivity contribution >= 4 is 12.2 Å². The fourth-order valence-electron chi connectivity index (χ4n) is 2.68. The van der Waals surface area contributed by atoms with Crippen molar-refractivity contribution in [1.29, 1.82) is 0 Å². The Morgan fingerprint density at radius 1 is 1.63 bits per heavy atom. The summed E-state index contributed by atoms with van der Waals surface area (Å²) in [5.74, 6) is -0.297. The van der Waals surface area contributed by atoms with Crippen molar-refractivity contribution in [2.75, 3.05) is 6.61 Å². The first-order chi connectivity index (χ1) is 9.04. The third-order valence-electron chi connectivity index (χ3n) is 4.03. The van der Waals surface area contributed by atoms with Gasteiger partial charge in [0.2, 0.25) is 0 Å². The monoisotopic (exact) mass is 266 g/mol. The molecule has 1 heterocycles. The number of hydrogen-bond acceptors (Lipinski definition) is 5. The van der Waals surface area contributed by atoms with Gasteiger partial charge >= 0.3 is 5.97 Å². The van der Waals surface area contributed by atoms with Crippen molar-refractivity contribution in [1.82, 2.24) is 5.32 Å². The summed E-state index contributed by atoms with van der Waals surface area (Å²) in [6, 6.07) is 0.207. The average molecular weight is 266 g/mol. The van der Waals surface area contributed by atoms with E-state index in [9.17, 15) is 9.90 Å². The molecule has 5 nitrogen and oxygen atoms in total. The second-order valence-electron chi connectivity index (χ2n) is 5.48. The number of aliphatic imine (C=N–C) groups is 1. The third-order valence-corrected chi connectivity index (χ3v) is 4.03. The Labute approximate surface area is 113 Å². The molecule has 2 rings (SSSR count). The number of aliphatic hydroxyl groups is 1. The Morgan fingerprint density at radius 2 is 2.32 bits per heavy atom. The van der Waals surface area contributed by atoms with Crippen LogP contribution in [0.4, 0.5) is 0 Å². The third kappa shape index (κ3) is 2.97. The number of nitrogens with one attached hydrogen (secondary N) is 1. The first kappa shape index (κ1) is 14.1. The largest absolute Gasteiger partial charge is 0.459 e. The van der Waals surface area contributed by atoms with Crippen LogP contribution in [-0.4, -0.2) is 36.0 Å². The van der Waals surface area contributed by atoms with Gasteiger partial charge in [-0.3, -0.25) is 9.79 Å². The quantitative estimate of drug-likeness (QED) is 0.754. The van der Waals surface area contributed by atoms with Gasteiger partial charge in [0.15, 0.2) is 0 Å². The van der Waals surface area contributed by atoms with Crippen molar-refractivity contribution in [3.63, 3.8) is 0 Å². The molecule has 1 saturated carbocycles. The Bertz CT molecular complexity index is 395. The molecule has 2 atom stereocenters. The molecule has 1 aliphatic heterocycles. The van der Waals surface area contributed by atoms with Crippen molar-refractivity contribution in [3.05, 3.63) is 11.9 Å². The topological polar surface area (TPSA) is 70.9 Å². The number of rotatable bonds is 4. The number of esters is 1. The van der Waals surface area contributed by atoms with E-state index in [0.29, 0.717) is 18.5 Å². The number of ether oxygens (including phenoxy) is 1. The van der Waals surface area contributed by atoms with Crippen LogP contribution in [0.1, 0.15) is 39.5 Å². The number of carbonyl (C=O) groups is 1. The van der Waals surface area contributed by atoms with Gasteiger partial charge in [0, 0.05) is 12.4 Å². The van der Waals surface area contributed by atoms with Gasteiger partial charge in [0.05, 0.1) is 23.3 Å². The van der Waals surface area contributed by atoms with Crippen molar-refractivity contribution in [3.8, 4) is 0 Å². The van der Waals surface area contributed by atoms with Crippen molar-refractivity contribution in [2.45, 2.75) is 51.7 Å². The van der Waals surface area contributed by atoms with E-state index in [1.807, 2.05) is 6.92 Å². The van der Waals surface area contributed by atoms with Crippen LogP contribution in [0.15, 0.2) is 16.9 Å². The van der Waals surface area contributed by atoms with Crippen LogP contribution in [0.3, 0.4) is 0 Å². The summed E-state index contributed by atoms with van der Waals surface area (Å²) in [6.45, 7) is 3.82. The van der Waals surface area contributed by atoms with Crippen LogP contribution in [0.5, 0.6) is 0 Å². The molecule has 0 saturated heterocycles. The minimum Gasteiger partial charge on any atom is -0.459 e. The lowest BCUT2D eigenvalue weighted by Crippen LogP contribution is -2.40. The van der Waals surface area contributed by atoms with Crippen LogP contribution < -0.4 is 5.32 Å². The lowest BCUT2D eigenvalue weighted by Gasteiger charge is -2.29. The molecule has 0 bridgehead atoms. The van der Waals surface area contributed by atoms with Gasteiger partial charge in [-0.25, -0.2) is 0 Å². The molecule has 1 aliphatic carbocycles. The first-order valence-electron chi connectivity index (χ1n) is 6.89. The zero-order chi connectivity index (χ0) is 13.9. The highest BCUT2D eigenvalue weighted by Crippen LogP contribution is 2.42. The normalized spacial score (nSPS) is 26.5. The van der Waals surface area contributed by atoms with Crippen LogP contribution in [-0.2, 0) is 9.53 Å². The number of hydrogen-bond donors (Lipinski definition) is 2. The lowest BCUT2D eigenvalue weighted by molar-refractivity contribution is -0.161. The van der Waals surface area contributed by atoms with Crippen molar-refractivity contribution < 1.29 is 14.6 Å². The summed E-state index contributed by atoms with van der Waals surface area (Å²) in [7, 11) is 0. The molecular weight excluding hydrogens is 244 g/mol. The molecule has 2 aliphatic rings. The molecule has 0 aromatic heterocycles. The Hall–Kier alpha value is -1.36. The van der Waals surface area contributed by atoms with E-state index in [4.69, 9.17) is 4.74 Å². The van der Waals surface area contributed by atoms with Gasteiger partial charge < -0.3 is 15.2 Å². The molecule has 2 unspecified atom stereocenters.